The highest BCUT2D eigenvalue weighted by Crippen LogP contribution is 2.38. The van der Waals surface area contributed by atoms with Crippen LogP contribution in [0.3, 0.4) is 0 Å². The Morgan fingerprint density at radius 3 is 2.43 bits per heavy atom. The second-order valence-corrected chi connectivity index (χ2v) is 14.1. The summed E-state index contributed by atoms with van der Waals surface area (Å²) in [4.78, 5) is 28.2. The number of nitrogens with zero attached hydrogens (tertiary/aromatic N) is 2. The number of hydrogen-bond acceptors (Lipinski definition) is 7. The number of thiophene rings is 1. The van der Waals surface area contributed by atoms with Gasteiger partial charge in [-0.15, -0.1) is 11.3 Å². The molecule has 2 saturated heterocycles. The molecule has 242 valence electrons. The van der Waals surface area contributed by atoms with Gasteiger partial charge in [0.15, 0.2) is 0 Å². The third-order valence-corrected chi connectivity index (χ3v) is 11.1. The lowest BCUT2D eigenvalue weighted by Crippen LogP contribution is -2.38. The monoisotopic (exact) mass is 658 g/mol. The van der Waals surface area contributed by atoms with Crippen molar-refractivity contribution in [1.29, 1.82) is 0 Å². The number of alkyl halides is 3. The number of carboxylic acids is 1. The Kier molecular flexibility index (Phi) is 10.8. The first-order valence-electron chi connectivity index (χ1n) is 14.3. The van der Waals surface area contributed by atoms with E-state index < -0.39 is 28.1 Å². The number of ether oxygens (including phenoxy) is 1. The van der Waals surface area contributed by atoms with Crippen LogP contribution in [0.4, 0.5) is 13.2 Å². The van der Waals surface area contributed by atoms with Gasteiger partial charge in [-0.2, -0.15) is 13.2 Å². The number of rotatable bonds is 9. The first-order valence-corrected chi connectivity index (χ1v) is 16.8. The van der Waals surface area contributed by atoms with E-state index in [0.717, 1.165) is 59.4 Å². The molecular formula is C29H37F3N4O6S2. The van der Waals surface area contributed by atoms with Gasteiger partial charge in [0.1, 0.15) is 0 Å². The number of carbonyl (C=O) groups is 2. The quantitative estimate of drug-likeness (QED) is 0.300. The minimum atomic E-state index is -5.08. The summed E-state index contributed by atoms with van der Waals surface area (Å²) >= 11 is 1.69. The zero-order valence-electron chi connectivity index (χ0n) is 24.5. The molecule has 4 heterocycles. The highest BCUT2D eigenvalue weighted by atomic mass is 32.2. The average Bonchev–Trinajstić information content (AvgIpc) is 3.73. The molecule has 1 amide bonds. The van der Waals surface area contributed by atoms with Gasteiger partial charge in [-0.1, -0.05) is 0 Å². The average molecular weight is 659 g/mol. The van der Waals surface area contributed by atoms with E-state index in [0.29, 0.717) is 24.7 Å². The number of nitrogens with two attached hydrogens (primary N) is 1. The number of amides is 1. The van der Waals surface area contributed by atoms with Crippen molar-refractivity contribution in [2.45, 2.75) is 57.3 Å². The maximum Gasteiger partial charge on any atom is 0.490 e. The molecule has 2 aromatic heterocycles. The van der Waals surface area contributed by atoms with E-state index in [4.69, 9.17) is 20.4 Å². The first kappa shape index (κ1) is 33.9. The van der Waals surface area contributed by atoms with Crippen molar-refractivity contribution in [3.8, 4) is 10.4 Å². The number of piperidine rings is 1. The highest BCUT2D eigenvalue weighted by Gasteiger charge is 2.38. The smallest absolute Gasteiger partial charge is 0.475 e. The Bertz CT molecular complexity index is 1580. The largest absolute Gasteiger partial charge is 0.490 e. The number of fused-ring (bicyclic) bond motifs is 1. The number of aromatic amines is 1. The molecule has 0 unspecified atom stereocenters. The molecule has 4 N–H and O–H groups in total. The maximum absolute atomic E-state index is 12.4. The van der Waals surface area contributed by atoms with Crippen LogP contribution in [0.2, 0.25) is 0 Å². The van der Waals surface area contributed by atoms with Crippen molar-refractivity contribution in [2.24, 2.45) is 5.73 Å². The summed E-state index contributed by atoms with van der Waals surface area (Å²) in [6.45, 7) is 5.46. The summed E-state index contributed by atoms with van der Waals surface area (Å²) in [7, 11) is -1.41. The van der Waals surface area contributed by atoms with Crippen molar-refractivity contribution < 1.29 is 41.0 Å². The van der Waals surface area contributed by atoms with Crippen LogP contribution < -0.4 is 5.73 Å². The Morgan fingerprint density at radius 1 is 1.16 bits per heavy atom. The zero-order valence-corrected chi connectivity index (χ0v) is 26.2. The van der Waals surface area contributed by atoms with Gasteiger partial charge in [-0.25, -0.2) is 17.5 Å². The molecule has 2 aliphatic heterocycles. The molecule has 0 aliphatic carbocycles. The SMILES string of the molecule is CCS(=O)(=O)N1CCC(c2c[nH]c3c(C(N)=O)cc(-c4cc(CN5CCC[C@H]5COC)cs4)cc23)CC1.O=C(O)C(F)(F)F. The topological polar surface area (TPSA) is 146 Å². The standard InChI is InChI=1S/C27H36N4O4S2.C2HF3O2/c1-3-37(33,34)31-9-6-19(7-10-31)24-14-29-26-22(24)12-20(13-23(26)27(28)32)25-11-18(17-36-25)15-30-8-4-5-21(30)16-35-2;3-2(4,5)1(6)7/h11-14,17,19,21,29H,3-10,15-16H2,1-2H3,(H2,28,32);(H,6,7)/t21-;/m0./s1. The number of carbonyl (C=O) groups excluding carboxylic acids is 1. The van der Waals surface area contributed by atoms with Crippen molar-refractivity contribution in [3.63, 3.8) is 0 Å². The van der Waals surface area contributed by atoms with Crippen LogP contribution in [0.1, 0.15) is 60.0 Å². The number of aromatic nitrogens is 1. The number of benzene rings is 1. The molecule has 0 radical (unpaired) electrons. The van der Waals surface area contributed by atoms with Gasteiger partial charge in [-0.05, 0) is 85.3 Å². The minimum absolute atomic E-state index is 0.129. The molecule has 0 spiro atoms. The Labute approximate surface area is 258 Å². The minimum Gasteiger partial charge on any atom is -0.475 e. The zero-order chi connectivity index (χ0) is 32.2. The molecule has 2 aliphatic rings. The lowest BCUT2D eigenvalue weighted by atomic mass is 9.89. The number of sulfonamides is 1. The molecule has 15 heteroatoms. The molecular weight excluding hydrogens is 621 g/mol. The second-order valence-electron chi connectivity index (χ2n) is 11.0. The molecule has 10 nitrogen and oxygen atoms in total. The molecule has 2 fully saturated rings. The number of H-pyrrole nitrogens is 1. The number of hydrogen-bond donors (Lipinski definition) is 3. The number of nitrogens with one attached hydrogen (secondary N) is 1. The molecule has 0 bridgehead atoms. The predicted molar refractivity (Wildman–Crippen MR) is 162 cm³/mol. The van der Waals surface area contributed by atoms with Crippen LogP contribution in [0, 0.1) is 0 Å². The predicted octanol–water partition coefficient (Wildman–Crippen LogP) is 4.77. The van der Waals surface area contributed by atoms with E-state index in [1.165, 1.54) is 18.4 Å². The first-order chi connectivity index (χ1) is 20.7. The molecule has 3 aromatic rings. The lowest BCUT2D eigenvalue weighted by Gasteiger charge is -2.31. The van der Waals surface area contributed by atoms with E-state index in [-0.39, 0.29) is 11.7 Å². The normalized spacial score (nSPS) is 18.8. The van der Waals surface area contributed by atoms with E-state index in [9.17, 15) is 26.4 Å². The fraction of sp³-hybridized carbons (Fsp3) is 0.517. The van der Waals surface area contributed by atoms with Crippen molar-refractivity contribution in [1.82, 2.24) is 14.2 Å². The van der Waals surface area contributed by atoms with Crippen molar-refractivity contribution in [2.75, 3.05) is 39.1 Å². The van der Waals surface area contributed by atoms with Crippen LogP contribution >= 0.6 is 11.3 Å². The lowest BCUT2D eigenvalue weighted by molar-refractivity contribution is -0.192. The Balaban J connectivity index is 0.000000566. The molecule has 1 atom stereocenters. The fourth-order valence-electron chi connectivity index (χ4n) is 5.88. The van der Waals surface area contributed by atoms with Gasteiger partial charge in [-0.3, -0.25) is 9.69 Å². The number of methoxy groups -OCH3 is 1. The maximum atomic E-state index is 12.4. The van der Waals surface area contributed by atoms with Gasteiger partial charge >= 0.3 is 12.1 Å². The Hall–Kier alpha value is -2.98. The highest BCUT2D eigenvalue weighted by molar-refractivity contribution is 7.89. The summed E-state index contributed by atoms with van der Waals surface area (Å²) in [5.41, 5.74) is 10.4. The molecule has 5 rings (SSSR count). The number of aliphatic carboxylic acids is 1. The van der Waals surface area contributed by atoms with Gasteiger partial charge in [0.2, 0.25) is 10.0 Å². The molecule has 44 heavy (non-hydrogen) atoms. The van der Waals surface area contributed by atoms with Gasteiger partial charge in [0, 0.05) is 49.2 Å². The number of carboxylic acid groups (broad SMARTS) is 1. The van der Waals surface area contributed by atoms with E-state index >= 15 is 0 Å². The summed E-state index contributed by atoms with van der Waals surface area (Å²) in [5, 5.41) is 10.3. The third-order valence-electron chi connectivity index (χ3n) is 8.16. The van der Waals surface area contributed by atoms with Crippen molar-refractivity contribution in [3.05, 3.63) is 46.5 Å². The third kappa shape index (κ3) is 7.80. The van der Waals surface area contributed by atoms with E-state index in [2.05, 4.69) is 27.4 Å². The summed E-state index contributed by atoms with van der Waals surface area (Å²) < 4.78 is 63.4. The van der Waals surface area contributed by atoms with Gasteiger partial charge in [0.05, 0.1) is 23.4 Å². The summed E-state index contributed by atoms with van der Waals surface area (Å²) in [6.07, 6.45) is 0.763. The van der Waals surface area contributed by atoms with E-state index in [1.54, 1.807) is 29.7 Å². The summed E-state index contributed by atoms with van der Waals surface area (Å²) in [6, 6.07) is 6.73. The van der Waals surface area contributed by atoms with Crippen LogP contribution in [-0.4, -0.2) is 90.9 Å². The van der Waals surface area contributed by atoms with Crippen LogP contribution in [-0.2, 0) is 26.1 Å². The summed E-state index contributed by atoms with van der Waals surface area (Å²) in [5.74, 6) is -2.86. The van der Waals surface area contributed by atoms with Crippen LogP contribution in [0.15, 0.2) is 29.8 Å². The second kappa shape index (κ2) is 14.0. The van der Waals surface area contributed by atoms with Crippen LogP contribution in [0.5, 0.6) is 0 Å². The van der Waals surface area contributed by atoms with Gasteiger partial charge < -0.3 is 20.6 Å². The Morgan fingerprint density at radius 2 is 1.84 bits per heavy atom. The number of halogens is 3. The van der Waals surface area contributed by atoms with Crippen LogP contribution in [0.25, 0.3) is 21.3 Å². The number of primary amides is 1. The van der Waals surface area contributed by atoms with E-state index in [1.807, 2.05) is 12.3 Å². The van der Waals surface area contributed by atoms with Crippen molar-refractivity contribution >= 4 is 44.1 Å². The molecule has 0 saturated carbocycles. The molecule has 1 aromatic carbocycles. The number of likely N-dealkylation sites (tertiary alicyclic amines) is 1. The fourth-order valence-corrected chi connectivity index (χ4v) is 7.91. The van der Waals surface area contributed by atoms with Gasteiger partial charge in [0.25, 0.3) is 5.91 Å².